The Hall–Kier alpha value is -2.06. The molecule has 0 aromatic rings. The lowest BCUT2D eigenvalue weighted by molar-refractivity contribution is -0.169. The van der Waals surface area contributed by atoms with Crippen molar-refractivity contribution >= 4 is 24.4 Å². The number of aliphatic imine (C=N–C) groups is 2. The smallest absolute Gasteiger partial charge is 0.251 e. The van der Waals surface area contributed by atoms with Crippen molar-refractivity contribution in [2.45, 2.75) is 88.6 Å². The molecule has 3 rings (SSSR count). The number of nitrogens with zero attached hydrogens (tertiary/aromatic N) is 4. The van der Waals surface area contributed by atoms with E-state index >= 15 is 0 Å². The Morgan fingerprint density at radius 1 is 1.32 bits per heavy atom. The third-order valence-electron chi connectivity index (χ3n) is 6.63. The number of carbonyl (C=O) groups is 2. The van der Waals surface area contributed by atoms with Gasteiger partial charge in [0.25, 0.3) is 5.91 Å². The fraction of sp³-hybridized carbons (Fsp3) is 0.739. The number of β-lactam (4-membered cyclic amide) rings is 1. The molecule has 174 valence electrons. The number of amidine groups is 1. The van der Waals surface area contributed by atoms with Gasteiger partial charge in [0.05, 0.1) is 18.8 Å². The number of rotatable bonds is 6. The Morgan fingerprint density at radius 2 is 2.00 bits per heavy atom. The molecule has 2 aliphatic heterocycles. The van der Waals surface area contributed by atoms with E-state index < -0.39 is 17.7 Å². The molecular weight excluding hydrogens is 396 g/mol. The van der Waals surface area contributed by atoms with Crippen LogP contribution in [0.4, 0.5) is 0 Å². The molecule has 2 amide bonds. The minimum atomic E-state index is -0.819. The van der Waals surface area contributed by atoms with E-state index in [1.54, 1.807) is 23.8 Å². The number of hydrogen-bond acceptors (Lipinski definition) is 5. The van der Waals surface area contributed by atoms with E-state index in [4.69, 9.17) is 4.74 Å². The zero-order valence-electron chi connectivity index (χ0n) is 19.4. The summed E-state index contributed by atoms with van der Waals surface area (Å²) in [4.78, 5) is 35.6. The molecule has 3 fully saturated rings. The quantitative estimate of drug-likeness (QED) is 0.300. The zero-order valence-corrected chi connectivity index (χ0v) is 19.4. The van der Waals surface area contributed by atoms with Crippen molar-refractivity contribution in [2.75, 3.05) is 20.7 Å². The summed E-state index contributed by atoms with van der Waals surface area (Å²) in [5, 5.41) is 10.1. The van der Waals surface area contributed by atoms with Gasteiger partial charge >= 0.3 is 0 Å². The van der Waals surface area contributed by atoms with Gasteiger partial charge in [0.15, 0.2) is 0 Å². The van der Waals surface area contributed by atoms with Crippen LogP contribution in [0.5, 0.6) is 0 Å². The largest absolute Gasteiger partial charge is 0.391 e. The van der Waals surface area contributed by atoms with Crippen LogP contribution in [0, 0.1) is 0 Å². The van der Waals surface area contributed by atoms with Crippen LogP contribution in [0.1, 0.15) is 58.8 Å². The maximum Gasteiger partial charge on any atom is 0.251 e. The minimum Gasteiger partial charge on any atom is -0.391 e. The molecule has 3 aliphatic rings. The number of hydrogen-bond donors (Lipinski definition) is 1. The highest BCUT2D eigenvalue weighted by Gasteiger charge is 2.62. The summed E-state index contributed by atoms with van der Waals surface area (Å²) in [5.74, 6) is 0.224. The molecule has 1 aliphatic carbocycles. The predicted molar refractivity (Wildman–Crippen MR) is 122 cm³/mol. The van der Waals surface area contributed by atoms with Crippen LogP contribution in [0.25, 0.3) is 0 Å². The van der Waals surface area contributed by atoms with E-state index in [0.29, 0.717) is 24.9 Å². The summed E-state index contributed by atoms with van der Waals surface area (Å²) in [6.45, 7) is 7.50. The summed E-state index contributed by atoms with van der Waals surface area (Å²) < 4.78 is 5.19. The Morgan fingerprint density at radius 3 is 2.45 bits per heavy atom. The molecule has 8 heteroatoms. The van der Waals surface area contributed by atoms with Gasteiger partial charge in [0, 0.05) is 26.4 Å². The van der Waals surface area contributed by atoms with Gasteiger partial charge in [-0.25, -0.2) is 4.99 Å². The number of aliphatic hydroxyl groups is 1. The molecule has 0 aromatic carbocycles. The first-order chi connectivity index (χ1) is 14.9. The van der Waals surface area contributed by atoms with Crippen molar-refractivity contribution in [1.29, 1.82) is 0 Å². The van der Waals surface area contributed by atoms with Crippen molar-refractivity contribution in [3.05, 3.63) is 12.7 Å². The number of likely N-dealkylation sites (tertiary alicyclic amines) is 2. The number of allylic oxidation sites excluding steroid dienone is 1. The Bertz CT molecular complexity index is 687. The Balaban J connectivity index is 0.000000357. The first-order valence-electron chi connectivity index (χ1n) is 11.2. The van der Waals surface area contributed by atoms with Crippen molar-refractivity contribution in [3.63, 3.8) is 0 Å². The minimum absolute atomic E-state index is 0.0571. The second-order valence-electron chi connectivity index (χ2n) is 8.64. The lowest BCUT2D eigenvalue weighted by atomic mass is 9.83. The fourth-order valence-corrected chi connectivity index (χ4v) is 4.85. The molecule has 4 atom stereocenters. The summed E-state index contributed by atoms with van der Waals surface area (Å²) in [7, 11) is 3.39. The molecule has 1 saturated carbocycles. The molecular formula is C23H38N4O4. The average Bonchev–Trinajstić information content (AvgIpc) is 3.13. The molecule has 0 bridgehead atoms. The molecule has 1 N–H and O–H groups in total. The third-order valence-corrected chi connectivity index (χ3v) is 6.63. The summed E-state index contributed by atoms with van der Waals surface area (Å²) in [6.07, 6.45) is 11.7. The van der Waals surface area contributed by atoms with E-state index in [1.807, 2.05) is 14.0 Å². The highest BCUT2D eigenvalue weighted by Crippen LogP contribution is 2.42. The highest BCUT2D eigenvalue weighted by atomic mass is 16.5. The van der Waals surface area contributed by atoms with Gasteiger partial charge in [0.1, 0.15) is 17.4 Å². The van der Waals surface area contributed by atoms with Crippen LogP contribution >= 0.6 is 0 Å². The van der Waals surface area contributed by atoms with E-state index in [1.165, 1.54) is 44.4 Å². The third kappa shape index (κ3) is 5.41. The van der Waals surface area contributed by atoms with Gasteiger partial charge in [-0.2, -0.15) is 0 Å². The van der Waals surface area contributed by atoms with Crippen LogP contribution in [0.3, 0.4) is 0 Å². The second-order valence-corrected chi connectivity index (χ2v) is 8.64. The van der Waals surface area contributed by atoms with Crippen molar-refractivity contribution in [1.82, 2.24) is 9.80 Å². The van der Waals surface area contributed by atoms with E-state index in [9.17, 15) is 14.7 Å². The summed E-state index contributed by atoms with van der Waals surface area (Å²) in [6, 6.07) is -0.569. The molecule has 2 heterocycles. The van der Waals surface area contributed by atoms with Crippen LogP contribution in [0.2, 0.25) is 0 Å². The van der Waals surface area contributed by atoms with Gasteiger partial charge in [-0.15, -0.1) is 0 Å². The first-order valence-corrected chi connectivity index (χ1v) is 11.2. The SMILES string of the molecule is C=CC=NC(=NC)C(C(C)O)N1CC2(CCC(C)N2C=O)C1=O.COC1CCCCC1. The van der Waals surface area contributed by atoms with Crippen molar-refractivity contribution in [3.8, 4) is 0 Å². The molecule has 31 heavy (non-hydrogen) atoms. The molecule has 2 saturated heterocycles. The Labute approximate surface area is 186 Å². The lowest BCUT2D eigenvalue weighted by Crippen LogP contribution is -2.76. The molecule has 1 spiro atoms. The number of carbonyl (C=O) groups excluding carboxylic acids is 2. The average molecular weight is 435 g/mol. The molecule has 8 nitrogen and oxygen atoms in total. The fourth-order valence-electron chi connectivity index (χ4n) is 4.85. The summed E-state index contributed by atoms with van der Waals surface area (Å²) >= 11 is 0. The van der Waals surface area contributed by atoms with Crippen molar-refractivity contribution < 1.29 is 19.4 Å². The molecule has 0 radical (unpaired) electrons. The topological polar surface area (TPSA) is 94.8 Å². The highest BCUT2D eigenvalue weighted by molar-refractivity contribution is 6.02. The van der Waals surface area contributed by atoms with E-state index in [0.717, 1.165) is 12.8 Å². The first kappa shape index (κ1) is 25.2. The van der Waals surface area contributed by atoms with Crippen LogP contribution in [0.15, 0.2) is 22.6 Å². The van der Waals surface area contributed by atoms with E-state index in [-0.39, 0.29) is 11.9 Å². The number of methoxy groups -OCH3 is 1. The van der Waals surface area contributed by atoms with Gasteiger partial charge in [0.2, 0.25) is 6.41 Å². The maximum atomic E-state index is 12.8. The standard InChI is InChI=1S/C16H24N4O3.C7H14O/c1-5-8-18-14(17-4)13(12(3)22)19-9-16(15(19)23)7-6-11(2)20(16)10-21;1-8-7-5-3-2-4-6-7/h5,8,10-13,22H,1,6-7,9H2,2-4H3;7H,2-6H2,1H3. The second kappa shape index (κ2) is 11.5. The predicted octanol–water partition coefficient (Wildman–Crippen LogP) is 2.21. The lowest BCUT2D eigenvalue weighted by Gasteiger charge is -2.53. The monoisotopic (exact) mass is 434 g/mol. The van der Waals surface area contributed by atoms with Gasteiger partial charge in [-0.1, -0.05) is 31.9 Å². The van der Waals surface area contributed by atoms with Gasteiger partial charge in [-0.3, -0.25) is 14.6 Å². The van der Waals surface area contributed by atoms with Gasteiger partial charge in [-0.05, 0) is 39.5 Å². The molecule has 4 unspecified atom stereocenters. The van der Waals surface area contributed by atoms with Crippen LogP contribution in [-0.4, -0.2) is 89.8 Å². The number of aliphatic hydroxyl groups excluding tert-OH is 1. The normalized spacial score (nSPS) is 28.9. The zero-order chi connectivity index (χ0) is 23.0. The van der Waals surface area contributed by atoms with Crippen LogP contribution < -0.4 is 0 Å². The Kier molecular flexibility index (Phi) is 9.37. The number of ether oxygens (including phenoxy) is 1. The summed E-state index contributed by atoms with van der Waals surface area (Å²) in [5.41, 5.74) is -0.755. The van der Waals surface area contributed by atoms with Crippen molar-refractivity contribution in [2.24, 2.45) is 9.98 Å². The number of amides is 2. The molecule has 0 aromatic heterocycles. The maximum absolute atomic E-state index is 12.8. The van der Waals surface area contributed by atoms with E-state index in [2.05, 4.69) is 16.6 Å². The van der Waals surface area contributed by atoms with Crippen LogP contribution in [-0.2, 0) is 14.3 Å². The van der Waals surface area contributed by atoms with Gasteiger partial charge < -0.3 is 19.6 Å².